The summed E-state index contributed by atoms with van der Waals surface area (Å²) in [7, 11) is 0. The predicted molar refractivity (Wildman–Crippen MR) is 59.8 cm³/mol. The molecule has 108 valence electrons. The second-order valence-corrected chi connectivity index (χ2v) is 2.65. The molecule has 0 bridgehead atoms. The minimum atomic E-state index is -2.27. The van der Waals surface area contributed by atoms with Crippen molar-refractivity contribution in [2.24, 2.45) is 0 Å². The molecule has 0 aromatic rings. The van der Waals surface area contributed by atoms with Gasteiger partial charge >= 0.3 is 17.9 Å². The van der Waals surface area contributed by atoms with Gasteiger partial charge in [0, 0.05) is 5.57 Å². The van der Waals surface area contributed by atoms with Crippen LogP contribution in [0.15, 0.2) is 12.2 Å². The molecule has 0 aliphatic carbocycles. The minimum Gasteiger partial charge on any atom is -0.479 e. The number of rotatable bonds is 4. The molecule has 0 aliphatic heterocycles. The predicted octanol–water partition coefficient (Wildman–Crippen LogP) is -1.15. The van der Waals surface area contributed by atoms with Crippen LogP contribution in [0.1, 0.15) is 6.92 Å². The van der Waals surface area contributed by atoms with Crippen LogP contribution in [0.3, 0.4) is 0 Å². The van der Waals surface area contributed by atoms with E-state index in [1.54, 1.807) is 0 Å². The normalized spacial score (nSPS) is 11.3. The Kier molecular flexibility index (Phi) is 15.9. The molecule has 0 rings (SSSR count). The molecule has 0 saturated carbocycles. The summed E-state index contributed by atoms with van der Waals surface area (Å²) in [6, 6.07) is 0. The van der Waals surface area contributed by atoms with Crippen molar-refractivity contribution in [3.05, 3.63) is 12.2 Å². The maximum atomic E-state index is 9.77. The van der Waals surface area contributed by atoms with E-state index in [4.69, 9.17) is 25.5 Å². The zero-order chi connectivity index (χ0) is 13.5. The minimum absolute atomic E-state index is 0. The molecule has 10 nitrogen and oxygen atoms in total. The van der Waals surface area contributed by atoms with E-state index in [1.807, 2.05) is 0 Å². The zero-order valence-electron chi connectivity index (χ0n) is 9.74. The topological polar surface area (TPSA) is 222 Å². The van der Waals surface area contributed by atoms with Crippen molar-refractivity contribution in [3.63, 3.8) is 0 Å². The molecule has 0 fully saturated rings. The highest BCUT2D eigenvalue weighted by molar-refractivity contribution is 5.84. The largest absolute Gasteiger partial charge is 0.479 e. The molecule has 0 heterocycles. The average molecular weight is 270 g/mol. The zero-order valence-corrected chi connectivity index (χ0v) is 9.74. The second kappa shape index (κ2) is 11.5. The highest BCUT2D eigenvalue weighted by Gasteiger charge is 2.29. The number of aliphatic hydroxyl groups is 2. The Bertz CT molecular complexity index is 273. The number of carboxylic acid groups (broad SMARTS) is 3. The first kappa shape index (κ1) is 25.0. The van der Waals surface area contributed by atoms with Crippen LogP contribution >= 0.6 is 0 Å². The molecule has 10 heteroatoms. The maximum Gasteiger partial charge on any atom is 0.335 e. The van der Waals surface area contributed by atoms with Crippen LogP contribution in [0.25, 0.3) is 0 Å². The van der Waals surface area contributed by atoms with E-state index in [-0.39, 0.29) is 17.9 Å². The van der Waals surface area contributed by atoms with Crippen LogP contribution in [0.4, 0.5) is 0 Å². The van der Waals surface area contributed by atoms with Crippen LogP contribution in [-0.2, 0) is 14.4 Å². The number of carboxylic acids is 3. The van der Waals surface area contributed by atoms with Gasteiger partial charge in [-0.15, -0.1) is 0 Å². The van der Waals surface area contributed by atoms with Gasteiger partial charge in [-0.25, -0.2) is 14.4 Å². The van der Waals surface area contributed by atoms with Gasteiger partial charge in [0.05, 0.1) is 0 Å². The lowest BCUT2D eigenvalue weighted by Gasteiger charge is -2.07. The third-order valence-corrected chi connectivity index (χ3v) is 1.17. The fraction of sp³-hybridized carbons (Fsp3) is 0.375. The monoisotopic (exact) mass is 270 g/mol. The van der Waals surface area contributed by atoms with Crippen molar-refractivity contribution >= 4 is 17.9 Å². The summed E-state index contributed by atoms with van der Waals surface area (Å²) in [5.74, 6) is -4.47. The number of aliphatic carboxylic acids is 3. The highest BCUT2D eigenvalue weighted by Crippen LogP contribution is 1.92. The van der Waals surface area contributed by atoms with E-state index in [1.165, 1.54) is 6.92 Å². The second-order valence-electron chi connectivity index (χ2n) is 2.65. The number of hydrogen-bond donors (Lipinski definition) is 7. The van der Waals surface area contributed by atoms with Crippen LogP contribution in [0.5, 0.6) is 0 Å². The van der Waals surface area contributed by atoms with E-state index in [9.17, 15) is 14.4 Å². The molecule has 0 amide bonds. The van der Waals surface area contributed by atoms with Gasteiger partial charge in [0.25, 0.3) is 0 Å². The Balaban J connectivity index is -0.000000108. The van der Waals surface area contributed by atoms with E-state index in [2.05, 4.69) is 6.58 Å². The van der Waals surface area contributed by atoms with E-state index < -0.39 is 30.1 Å². The van der Waals surface area contributed by atoms with Gasteiger partial charge in [-0.05, 0) is 6.92 Å². The first-order valence-corrected chi connectivity index (χ1v) is 3.81. The van der Waals surface area contributed by atoms with Gasteiger partial charge < -0.3 is 37.8 Å². The molecule has 0 radical (unpaired) electrons. The van der Waals surface area contributed by atoms with Gasteiger partial charge in [0.2, 0.25) is 0 Å². The summed E-state index contributed by atoms with van der Waals surface area (Å²) >= 11 is 0. The van der Waals surface area contributed by atoms with E-state index in [0.29, 0.717) is 0 Å². The summed E-state index contributed by atoms with van der Waals surface area (Å²) < 4.78 is 0. The molecule has 2 unspecified atom stereocenters. The van der Waals surface area contributed by atoms with Gasteiger partial charge in [-0.1, -0.05) is 6.58 Å². The molecular weight excluding hydrogens is 252 g/mol. The van der Waals surface area contributed by atoms with Crippen LogP contribution in [0, 0.1) is 0 Å². The first-order valence-electron chi connectivity index (χ1n) is 3.81. The van der Waals surface area contributed by atoms with Crippen molar-refractivity contribution in [1.82, 2.24) is 12.3 Å². The Hall–Kier alpha value is -2.01. The Morgan fingerprint density at radius 1 is 0.889 bits per heavy atom. The average Bonchev–Trinajstić information content (AvgIpc) is 2.15. The molecule has 2 atom stereocenters. The first-order chi connectivity index (χ1) is 7.11. The van der Waals surface area contributed by atoms with Crippen molar-refractivity contribution in [3.8, 4) is 0 Å². The summed E-state index contributed by atoms with van der Waals surface area (Å²) in [4.78, 5) is 29.1. The summed E-state index contributed by atoms with van der Waals surface area (Å²) in [6.45, 7) is 4.60. The van der Waals surface area contributed by atoms with Gasteiger partial charge in [-0.2, -0.15) is 0 Å². The summed E-state index contributed by atoms with van der Waals surface area (Å²) in [5.41, 5.74) is 0.176. The molecule has 18 heavy (non-hydrogen) atoms. The van der Waals surface area contributed by atoms with Crippen molar-refractivity contribution in [1.29, 1.82) is 0 Å². The Labute approximate surface area is 102 Å². The van der Waals surface area contributed by atoms with Crippen LogP contribution < -0.4 is 12.3 Å². The van der Waals surface area contributed by atoms with Gasteiger partial charge in [0.1, 0.15) is 0 Å². The number of aliphatic hydroxyl groups excluding tert-OH is 2. The van der Waals surface area contributed by atoms with E-state index >= 15 is 0 Å². The van der Waals surface area contributed by atoms with Gasteiger partial charge in [-0.3, -0.25) is 0 Å². The van der Waals surface area contributed by atoms with Crippen LogP contribution in [0.2, 0.25) is 0 Å². The Morgan fingerprint density at radius 3 is 1.11 bits per heavy atom. The third kappa shape index (κ3) is 12.1. The number of carbonyl (C=O) groups is 3. The smallest absolute Gasteiger partial charge is 0.335 e. The number of hydrogen-bond acceptors (Lipinski definition) is 7. The standard InChI is InChI=1S/C4H6O6.C4H6O2.2H3N/c5-1(3(7)8)2(6)4(9)10;1-3(2)4(5)6;;/h1-2,5-6H,(H,7,8)(H,9,10);1H2,2H3,(H,5,6);2*1H3. The molecule has 11 N–H and O–H groups in total. The van der Waals surface area contributed by atoms with E-state index in [0.717, 1.165) is 0 Å². The highest BCUT2D eigenvalue weighted by atomic mass is 16.4. The lowest BCUT2D eigenvalue weighted by molar-refractivity contribution is -0.165. The molecular formula is C8H18N2O8. The fourth-order valence-electron chi connectivity index (χ4n) is 0.270. The van der Waals surface area contributed by atoms with Crippen LogP contribution in [-0.4, -0.2) is 55.6 Å². The quantitative estimate of drug-likeness (QED) is 0.303. The lowest BCUT2D eigenvalue weighted by atomic mass is 10.2. The van der Waals surface area contributed by atoms with Crippen molar-refractivity contribution < 1.29 is 39.9 Å². The summed E-state index contributed by atoms with van der Waals surface area (Å²) in [6.07, 6.45) is -4.53. The molecule has 0 saturated heterocycles. The SMILES string of the molecule is C=C(C)C(=O)O.N.N.O=C(O)C(O)C(O)C(=O)O. The summed E-state index contributed by atoms with van der Waals surface area (Å²) in [5, 5.41) is 40.4. The Morgan fingerprint density at radius 2 is 1.06 bits per heavy atom. The molecule has 0 aromatic carbocycles. The fourth-order valence-corrected chi connectivity index (χ4v) is 0.270. The van der Waals surface area contributed by atoms with Crippen molar-refractivity contribution in [2.45, 2.75) is 19.1 Å². The third-order valence-electron chi connectivity index (χ3n) is 1.17. The molecule has 0 spiro atoms. The molecule has 0 aromatic heterocycles. The maximum absolute atomic E-state index is 9.77. The lowest BCUT2D eigenvalue weighted by Crippen LogP contribution is -2.39. The van der Waals surface area contributed by atoms with Gasteiger partial charge in [0.15, 0.2) is 12.2 Å². The van der Waals surface area contributed by atoms with Crippen molar-refractivity contribution in [2.75, 3.05) is 0 Å². The molecule has 0 aliphatic rings.